The van der Waals surface area contributed by atoms with Crippen LogP contribution in [0.4, 0.5) is 14.5 Å². The maximum Gasteiger partial charge on any atom is 0.387 e. The predicted octanol–water partition coefficient (Wildman–Crippen LogP) is 4.61. The van der Waals surface area contributed by atoms with E-state index in [4.69, 9.17) is 0 Å². The molecule has 0 aliphatic rings. The molecule has 1 amide bonds. The van der Waals surface area contributed by atoms with Crippen LogP contribution in [0.3, 0.4) is 0 Å². The molecule has 0 saturated carbocycles. The van der Waals surface area contributed by atoms with E-state index in [0.717, 1.165) is 10.0 Å². The normalized spacial score (nSPS) is 10.5. The molecule has 0 atom stereocenters. The van der Waals surface area contributed by atoms with Gasteiger partial charge in [0.2, 0.25) is 0 Å². The Morgan fingerprint density at radius 1 is 1.19 bits per heavy atom. The van der Waals surface area contributed by atoms with Gasteiger partial charge in [-0.1, -0.05) is 22.0 Å². The van der Waals surface area contributed by atoms with Crippen LogP contribution in [0.5, 0.6) is 5.75 Å². The molecule has 3 nitrogen and oxygen atoms in total. The summed E-state index contributed by atoms with van der Waals surface area (Å²) in [6.45, 7) is -1.03. The highest BCUT2D eigenvalue weighted by Gasteiger charge is 2.11. The summed E-state index contributed by atoms with van der Waals surface area (Å²) in [4.78, 5) is 12.2. The zero-order chi connectivity index (χ0) is 15.4. The predicted molar refractivity (Wildman–Crippen MR) is 79.9 cm³/mol. The standard InChI is InChI=1S/C15H12BrF2NO2/c1-9-12(3-2-4-13(9)16)14(20)19-10-5-7-11(8-6-10)21-15(17)18/h2-8,15H,1H3,(H,19,20). The summed E-state index contributed by atoms with van der Waals surface area (Å²) in [5.74, 6) is -0.224. The van der Waals surface area contributed by atoms with Crippen LogP contribution in [0.25, 0.3) is 0 Å². The van der Waals surface area contributed by atoms with Crippen LogP contribution in [0, 0.1) is 6.92 Å². The largest absolute Gasteiger partial charge is 0.435 e. The maximum atomic E-state index is 12.2. The van der Waals surface area contributed by atoms with Gasteiger partial charge in [0.15, 0.2) is 0 Å². The Morgan fingerprint density at radius 3 is 2.48 bits per heavy atom. The van der Waals surface area contributed by atoms with Crippen LogP contribution >= 0.6 is 15.9 Å². The summed E-state index contributed by atoms with van der Waals surface area (Å²) in [7, 11) is 0. The monoisotopic (exact) mass is 355 g/mol. The highest BCUT2D eigenvalue weighted by Crippen LogP contribution is 2.22. The van der Waals surface area contributed by atoms with Crippen molar-refractivity contribution in [2.24, 2.45) is 0 Å². The van der Waals surface area contributed by atoms with Gasteiger partial charge in [-0.15, -0.1) is 0 Å². The summed E-state index contributed by atoms with van der Waals surface area (Å²) in [5, 5.41) is 2.70. The Kier molecular flexibility index (Phi) is 4.90. The molecule has 0 aliphatic heterocycles. The molecule has 2 aromatic carbocycles. The van der Waals surface area contributed by atoms with Gasteiger partial charge in [0.25, 0.3) is 5.91 Å². The van der Waals surface area contributed by atoms with E-state index in [1.165, 1.54) is 24.3 Å². The molecule has 0 radical (unpaired) electrons. The lowest BCUT2D eigenvalue weighted by molar-refractivity contribution is -0.0498. The van der Waals surface area contributed by atoms with Crippen molar-refractivity contribution >= 4 is 27.5 Å². The Bertz CT molecular complexity index is 645. The molecule has 0 saturated heterocycles. The van der Waals surface area contributed by atoms with E-state index < -0.39 is 6.61 Å². The molecule has 6 heteroatoms. The van der Waals surface area contributed by atoms with Crippen molar-refractivity contribution < 1.29 is 18.3 Å². The van der Waals surface area contributed by atoms with Crippen LogP contribution in [0.1, 0.15) is 15.9 Å². The summed E-state index contributed by atoms with van der Waals surface area (Å²) in [5.41, 5.74) is 1.87. The van der Waals surface area contributed by atoms with Gasteiger partial charge < -0.3 is 10.1 Å². The number of hydrogen-bond acceptors (Lipinski definition) is 2. The lowest BCUT2D eigenvalue weighted by Gasteiger charge is -2.10. The molecule has 2 aromatic rings. The van der Waals surface area contributed by atoms with Gasteiger partial charge in [-0.25, -0.2) is 0 Å². The number of nitrogens with one attached hydrogen (secondary N) is 1. The molecule has 0 bridgehead atoms. The van der Waals surface area contributed by atoms with E-state index in [1.807, 2.05) is 13.0 Å². The number of halogens is 3. The van der Waals surface area contributed by atoms with E-state index in [2.05, 4.69) is 26.0 Å². The van der Waals surface area contributed by atoms with Crippen LogP contribution in [0.2, 0.25) is 0 Å². The fraction of sp³-hybridized carbons (Fsp3) is 0.133. The van der Waals surface area contributed by atoms with Crippen molar-refractivity contribution in [1.82, 2.24) is 0 Å². The minimum Gasteiger partial charge on any atom is -0.435 e. The second-order valence-electron chi connectivity index (χ2n) is 4.27. The van der Waals surface area contributed by atoms with Crippen LogP contribution < -0.4 is 10.1 Å². The van der Waals surface area contributed by atoms with Crippen LogP contribution in [-0.4, -0.2) is 12.5 Å². The first-order valence-electron chi connectivity index (χ1n) is 6.08. The maximum absolute atomic E-state index is 12.2. The van der Waals surface area contributed by atoms with Gasteiger partial charge in [-0.2, -0.15) is 8.78 Å². The number of carbonyl (C=O) groups excluding carboxylic acids is 1. The summed E-state index contributed by atoms with van der Waals surface area (Å²) in [6.07, 6.45) is 0. The summed E-state index contributed by atoms with van der Waals surface area (Å²) in [6, 6.07) is 11.1. The molecule has 0 unspecified atom stereocenters. The van der Waals surface area contributed by atoms with Gasteiger partial charge in [-0.3, -0.25) is 4.79 Å². The first-order valence-corrected chi connectivity index (χ1v) is 6.88. The van der Waals surface area contributed by atoms with Crippen molar-refractivity contribution in [3.05, 3.63) is 58.1 Å². The SMILES string of the molecule is Cc1c(Br)cccc1C(=O)Nc1ccc(OC(F)F)cc1. The van der Waals surface area contributed by atoms with E-state index in [9.17, 15) is 13.6 Å². The molecule has 0 spiro atoms. The molecule has 0 aromatic heterocycles. The zero-order valence-corrected chi connectivity index (χ0v) is 12.7. The number of hydrogen-bond donors (Lipinski definition) is 1. The average Bonchev–Trinajstić information content (AvgIpc) is 2.43. The molecule has 1 N–H and O–H groups in total. The fourth-order valence-electron chi connectivity index (χ4n) is 1.77. The molecule has 0 fully saturated rings. The average molecular weight is 356 g/mol. The van der Waals surface area contributed by atoms with Crippen molar-refractivity contribution in [1.29, 1.82) is 0 Å². The molecule has 0 heterocycles. The first kappa shape index (κ1) is 15.4. The number of anilines is 1. The molecule has 21 heavy (non-hydrogen) atoms. The van der Waals surface area contributed by atoms with E-state index in [0.29, 0.717) is 11.3 Å². The van der Waals surface area contributed by atoms with Crippen LogP contribution in [0.15, 0.2) is 46.9 Å². The second kappa shape index (κ2) is 6.67. The number of rotatable bonds is 4. The molecule has 2 rings (SSSR count). The number of ether oxygens (including phenoxy) is 1. The third-order valence-electron chi connectivity index (χ3n) is 2.85. The van der Waals surface area contributed by atoms with E-state index in [1.54, 1.807) is 12.1 Å². The number of alkyl halides is 2. The van der Waals surface area contributed by atoms with E-state index in [-0.39, 0.29) is 11.7 Å². The lowest BCUT2D eigenvalue weighted by atomic mass is 10.1. The van der Waals surface area contributed by atoms with Gasteiger partial charge >= 0.3 is 6.61 Å². The summed E-state index contributed by atoms with van der Waals surface area (Å²) < 4.78 is 29.2. The van der Waals surface area contributed by atoms with Crippen molar-refractivity contribution in [2.45, 2.75) is 13.5 Å². The Labute approximate surface area is 129 Å². The van der Waals surface area contributed by atoms with E-state index >= 15 is 0 Å². The topological polar surface area (TPSA) is 38.3 Å². The molecule has 0 aliphatic carbocycles. The highest BCUT2D eigenvalue weighted by atomic mass is 79.9. The fourth-order valence-corrected chi connectivity index (χ4v) is 2.14. The Balaban J connectivity index is 2.11. The van der Waals surface area contributed by atoms with Gasteiger partial charge in [0, 0.05) is 15.7 Å². The molecular formula is C15H12BrF2NO2. The Morgan fingerprint density at radius 2 is 1.86 bits per heavy atom. The first-order chi connectivity index (χ1) is 9.97. The highest BCUT2D eigenvalue weighted by molar-refractivity contribution is 9.10. The minimum absolute atomic E-state index is 0.0432. The smallest absolute Gasteiger partial charge is 0.387 e. The quantitative estimate of drug-likeness (QED) is 0.869. The number of benzene rings is 2. The number of amides is 1. The zero-order valence-electron chi connectivity index (χ0n) is 11.1. The molecular weight excluding hydrogens is 344 g/mol. The third kappa shape index (κ3) is 4.01. The van der Waals surface area contributed by atoms with Gasteiger partial charge in [0.05, 0.1) is 0 Å². The third-order valence-corrected chi connectivity index (χ3v) is 3.71. The lowest BCUT2D eigenvalue weighted by Crippen LogP contribution is -2.13. The summed E-state index contributed by atoms with van der Waals surface area (Å²) >= 11 is 3.36. The van der Waals surface area contributed by atoms with Gasteiger partial charge in [0.1, 0.15) is 5.75 Å². The second-order valence-corrected chi connectivity index (χ2v) is 5.12. The van der Waals surface area contributed by atoms with Crippen LogP contribution in [-0.2, 0) is 0 Å². The number of carbonyl (C=O) groups is 1. The van der Waals surface area contributed by atoms with Crippen molar-refractivity contribution in [3.63, 3.8) is 0 Å². The molecule has 110 valence electrons. The van der Waals surface area contributed by atoms with Crippen molar-refractivity contribution in [2.75, 3.05) is 5.32 Å². The van der Waals surface area contributed by atoms with Gasteiger partial charge in [-0.05, 0) is 48.9 Å². The van der Waals surface area contributed by atoms with Crippen molar-refractivity contribution in [3.8, 4) is 5.75 Å². The Hall–Kier alpha value is -1.95. The minimum atomic E-state index is -2.87.